The Morgan fingerprint density at radius 1 is 1.21 bits per heavy atom. The highest BCUT2D eigenvalue weighted by Crippen LogP contribution is 2.38. The Labute approximate surface area is 117 Å². The highest BCUT2D eigenvalue weighted by atomic mass is 28.3. The van der Waals surface area contributed by atoms with Crippen molar-refractivity contribution in [2.45, 2.75) is 43.8 Å². The maximum atomic E-state index is 9.79. The smallest absolute Gasteiger partial charge is 0.427 e. The lowest BCUT2D eigenvalue weighted by atomic mass is 9.81. The van der Waals surface area contributed by atoms with E-state index in [2.05, 4.69) is 25.7 Å². The fraction of sp³-hybridized carbons (Fsp3) is 0.500. The Morgan fingerprint density at radius 3 is 2.21 bits per heavy atom. The van der Waals surface area contributed by atoms with Gasteiger partial charge in [-0.15, -0.1) is 0 Å². The standard InChI is InChI=1S/C14H22BNO2Si/c1-19(2,3)14(12-16,10-7-11-15(17)18)13-8-5-4-6-9-13/h4-6,8-9,17-18H,7,10-11H2,1-3H3. The maximum Gasteiger partial charge on any atom is 0.451 e. The van der Waals surface area contributed by atoms with E-state index >= 15 is 0 Å². The summed E-state index contributed by atoms with van der Waals surface area (Å²) in [5, 5.41) is 27.3. The second-order valence-electron chi connectivity index (χ2n) is 6.01. The molecule has 0 heterocycles. The molecule has 0 aromatic heterocycles. The number of hydrogen-bond donors (Lipinski definition) is 2. The van der Waals surface area contributed by atoms with Gasteiger partial charge in [0.25, 0.3) is 0 Å². The molecular formula is C14H22BNO2Si. The summed E-state index contributed by atoms with van der Waals surface area (Å²) in [5.41, 5.74) is 1.06. The van der Waals surface area contributed by atoms with E-state index in [-0.39, 0.29) is 0 Å². The average Bonchev–Trinajstić information content (AvgIpc) is 2.34. The first kappa shape index (κ1) is 16.0. The second-order valence-corrected chi connectivity index (χ2v) is 11.4. The number of rotatable bonds is 6. The van der Waals surface area contributed by atoms with E-state index in [1.165, 1.54) is 0 Å². The van der Waals surface area contributed by atoms with Crippen LogP contribution in [-0.2, 0) is 5.04 Å². The molecule has 0 spiro atoms. The van der Waals surface area contributed by atoms with Crippen molar-refractivity contribution in [3.8, 4) is 6.07 Å². The Kier molecular flexibility index (Phi) is 5.36. The van der Waals surface area contributed by atoms with Crippen LogP contribution in [0, 0.1) is 11.3 Å². The predicted octanol–water partition coefficient (Wildman–Crippen LogP) is 2.58. The summed E-state index contributed by atoms with van der Waals surface area (Å²) < 4.78 is 0. The highest BCUT2D eigenvalue weighted by molar-refractivity contribution is 6.79. The molecule has 1 rings (SSSR count). The Morgan fingerprint density at radius 2 is 1.79 bits per heavy atom. The van der Waals surface area contributed by atoms with Crippen LogP contribution in [0.4, 0.5) is 0 Å². The van der Waals surface area contributed by atoms with Crippen LogP contribution in [0.3, 0.4) is 0 Å². The van der Waals surface area contributed by atoms with E-state index in [1.54, 1.807) is 0 Å². The third kappa shape index (κ3) is 3.69. The monoisotopic (exact) mass is 275 g/mol. The average molecular weight is 275 g/mol. The van der Waals surface area contributed by atoms with Gasteiger partial charge in [-0.25, -0.2) is 0 Å². The molecular weight excluding hydrogens is 253 g/mol. The van der Waals surface area contributed by atoms with E-state index in [0.717, 1.165) is 5.56 Å². The van der Waals surface area contributed by atoms with Crippen LogP contribution in [0.2, 0.25) is 26.0 Å². The summed E-state index contributed by atoms with van der Waals surface area (Å²) in [7, 11) is -3.06. The minimum Gasteiger partial charge on any atom is -0.427 e. The molecule has 1 unspecified atom stereocenters. The van der Waals surface area contributed by atoms with Gasteiger partial charge in [-0.1, -0.05) is 56.4 Å². The lowest BCUT2D eigenvalue weighted by Crippen LogP contribution is -2.48. The third-order valence-corrected chi connectivity index (χ3v) is 6.96. The van der Waals surface area contributed by atoms with Gasteiger partial charge >= 0.3 is 7.12 Å². The Bertz CT molecular complexity index is 439. The van der Waals surface area contributed by atoms with Gasteiger partial charge in [0, 0.05) is 0 Å². The second kappa shape index (κ2) is 6.38. The molecule has 0 fully saturated rings. The SMILES string of the molecule is C[Si](C)(C)C(C#N)(CCCB(O)O)c1ccccc1. The molecule has 1 aromatic rings. The molecule has 1 atom stereocenters. The van der Waals surface area contributed by atoms with Gasteiger partial charge in [0.1, 0.15) is 0 Å². The fourth-order valence-corrected chi connectivity index (χ4v) is 4.81. The van der Waals surface area contributed by atoms with Crippen LogP contribution < -0.4 is 0 Å². The molecule has 102 valence electrons. The number of nitriles is 1. The van der Waals surface area contributed by atoms with Crippen molar-refractivity contribution in [3.63, 3.8) is 0 Å². The number of hydrogen-bond acceptors (Lipinski definition) is 3. The summed E-state index contributed by atoms with van der Waals surface area (Å²) in [5.74, 6) is 0. The van der Waals surface area contributed by atoms with Crippen molar-refractivity contribution in [1.82, 2.24) is 0 Å². The molecule has 0 bridgehead atoms. The summed E-state index contributed by atoms with van der Waals surface area (Å²) in [6.07, 6.45) is 1.64. The lowest BCUT2D eigenvalue weighted by molar-refractivity contribution is 0.400. The molecule has 0 aliphatic carbocycles. The first-order chi connectivity index (χ1) is 8.83. The van der Waals surface area contributed by atoms with E-state index in [1.807, 2.05) is 30.3 Å². The van der Waals surface area contributed by atoms with Crippen LogP contribution in [0.1, 0.15) is 18.4 Å². The van der Waals surface area contributed by atoms with Gasteiger partial charge in [0.15, 0.2) is 0 Å². The first-order valence-electron chi connectivity index (χ1n) is 6.66. The third-order valence-electron chi connectivity index (χ3n) is 3.75. The van der Waals surface area contributed by atoms with E-state index < -0.39 is 20.2 Å². The molecule has 1 aromatic carbocycles. The normalized spacial score (nSPS) is 14.5. The van der Waals surface area contributed by atoms with Crippen molar-refractivity contribution in [3.05, 3.63) is 35.9 Å². The van der Waals surface area contributed by atoms with Gasteiger partial charge in [0.05, 0.1) is 19.2 Å². The van der Waals surface area contributed by atoms with Gasteiger partial charge in [-0.05, 0) is 18.3 Å². The van der Waals surface area contributed by atoms with Crippen molar-refractivity contribution >= 4 is 15.2 Å². The Balaban J connectivity index is 3.08. The molecule has 0 aliphatic heterocycles. The van der Waals surface area contributed by atoms with Gasteiger partial charge in [-0.2, -0.15) is 5.26 Å². The maximum absolute atomic E-state index is 9.79. The van der Waals surface area contributed by atoms with Crippen LogP contribution in [0.25, 0.3) is 0 Å². The molecule has 19 heavy (non-hydrogen) atoms. The van der Waals surface area contributed by atoms with Crippen LogP contribution in [0.5, 0.6) is 0 Å². The summed E-state index contributed by atoms with van der Waals surface area (Å²) in [6, 6.07) is 12.4. The molecule has 0 aliphatic rings. The molecule has 0 saturated carbocycles. The predicted molar refractivity (Wildman–Crippen MR) is 81.3 cm³/mol. The van der Waals surface area contributed by atoms with Crippen LogP contribution in [0.15, 0.2) is 30.3 Å². The van der Waals surface area contributed by atoms with E-state index in [4.69, 9.17) is 10.0 Å². The van der Waals surface area contributed by atoms with Gasteiger partial charge in [0.2, 0.25) is 0 Å². The topological polar surface area (TPSA) is 64.2 Å². The largest absolute Gasteiger partial charge is 0.451 e. The minimum atomic E-state index is -1.77. The molecule has 5 heteroatoms. The van der Waals surface area contributed by atoms with Crippen molar-refractivity contribution in [2.75, 3.05) is 0 Å². The van der Waals surface area contributed by atoms with Crippen LogP contribution >= 0.6 is 0 Å². The molecule has 3 nitrogen and oxygen atoms in total. The minimum absolute atomic E-state index is 0.320. The highest BCUT2D eigenvalue weighted by Gasteiger charge is 2.44. The van der Waals surface area contributed by atoms with Crippen LogP contribution in [-0.4, -0.2) is 25.2 Å². The molecule has 0 amide bonds. The zero-order valence-corrected chi connectivity index (χ0v) is 12.9. The zero-order chi connectivity index (χ0) is 14.5. The van der Waals surface area contributed by atoms with E-state index in [0.29, 0.717) is 19.2 Å². The quantitative estimate of drug-likeness (QED) is 0.784. The van der Waals surface area contributed by atoms with E-state index in [9.17, 15) is 5.26 Å². The number of benzene rings is 1. The summed E-state index contributed by atoms with van der Waals surface area (Å²) >= 11 is 0. The lowest BCUT2D eigenvalue weighted by Gasteiger charge is -2.38. The number of nitrogens with zero attached hydrogens (tertiary/aromatic N) is 1. The fourth-order valence-electron chi connectivity index (χ4n) is 2.51. The first-order valence-corrected chi connectivity index (χ1v) is 10.2. The van der Waals surface area contributed by atoms with Gasteiger partial charge in [-0.3, -0.25) is 0 Å². The zero-order valence-electron chi connectivity index (χ0n) is 11.9. The van der Waals surface area contributed by atoms with Gasteiger partial charge < -0.3 is 10.0 Å². The van der Waals surface area contributed by atoms with Crippen molar-refractivity contribution in [2.24, 2.45) is 0 Å². The molecule has 2 N–H and O–H groups in total. The Hall–Kier alpha value is -1.09. The molecule has 0 radical (unpaired) electrons. The van der Waals surface area contributed by atoms with Crippen molar-refractivity contribution in [1.29, 1.82) is 5.26 Å². The van der Waals surface area contributed by atoms with Crippen molar-refractivity contribution < 1.29 is 10.0 Å². The summed E-state index contributed by atoms with van der Waals surface area (Å²) in [4.78, 5) is 0. The summed E-state index contributed by atoms with van der Waals surface area (Å²) in [6.45, 7) is 6.58. The molecule has 0 saturated heterocycles.